The van der Waals surface area contributed by atoms with Crippen LogP contribution in [0.5, 0.6) is 0 Å². The van der Waals surface area contributed by atoms with Crippen LogP contribution in [0.4, 0.5) is 0 Å². The maximum absolute atomic E-state index is 10.7. The first kappa shape index (κ1) is 14.7. The van der Waals surface area contributed by atoms with Crippen molar-refractivity contribution >= 4 is 11.9 Å². The molecule has 4 nitrogen and oxygen atoms in total. The van der Waals surface area contributed by atoms with Gasteiger partial charge in [0, 0.05) is 18.5 Å². The summed E-state index contributed by atoms with van der Waals surface area (Å²) in [6.45, 7) is 8.56. The van der Waals surface area contributed by atoms with Gasteiger partial charge in [-0.3, -0.25) is 4.79 Å². The second kappa shape index (κ2) is 8.95. The molecule has 1 heterocycles. The molecule has 0 bridgehead atoms. The van der Waals surface area contributed by atoms with Gasteiger partial charge in [-0.1, -0.05) is 19.9 Å². The maximum atomic E-state index is 10.7. The highest BCUT2D eigenvalue weighted by Gasteiger charge is 2.05. The van der Waals surface area contributed by atoms with Crippen LogP contribution in [0, 0.1) is 0 Å². The summed E-state index contributed by atoms with van der Waals surface area (Å²) in [5, 5.41) is 2.68. The van der Waals surface area contributed by atoms with Crippen LogP contribution in [0.1, 0.15) is 39.5 Å². The molecular weight excluding hydrogens is 206 g/mol. The van der Waals surface area contributed by atoms with E-state index in [1.165, 1.54) is 0 Å². The van der Waals surface area contributed by atoms with Crippen molar-refractivity contribution in [1.29, 1.82) is 0 Å². The highest BCUT2D eigenvalue weighted by molar-refractivity contribution is 5.86. The van der Waals surface area contributed by atoms with E-state index in [9.17, 15) is 9.59 Å². The van der Waals surface area contributed by atoms with Gasteiger partial charge in [-0.15, -0.1) is 0 Å². The predicted molar refractivity (Wildman–Crippen MR) is 62.9 cm³/mol. The Bertz CT molecular complexity index is 241. The van der Waals surface area contributed by atoms with Gasteiger partial charge in [-0.25, -0.2) is 4.79 Å². The molecule has 0 aromatic rings. The summed E-state index contributed by atoms with van der Waals surface area (Å²) in [5.74, 6) is -0.0801. The first-order chi connectivity index (χ1) is 7.57. The van der Waals surface area contributed by atoms with E-state index in [2.05, 4.69) is 18.8 Å². The Morgan fingerprint density at radius 1 is 1.56 bits per heavy atom. The number of ether oxygens (including phenoxy) is 1. The third kappa shape index (κ3) is 8.03. The van der Waals surface area contributed by atoms with E-state index in [0.29, 0.717) is 12.2 Å². The van der Waals surface area contributed by atoms with E-state index < -0.39 is 0 Å². The molecule has 1 fully saturated rings. The Kier molecular flexibility index (Phi) is 8.21. The van der Waals surface area contributed by atoms with Crippen molar-refractivity contribution in [2.75, 3.05) is 13.2 Å². The largest absolute Gasteiger partial charge is 0.462 e. The quantitative estimate of drug-likeness (QED) is 0.452. The van der Waals surface area contributed by atoms with Crippen LogP contribution < -0.4 is 5.32 Å². The molecule has 1 N–H and O–H groups in total. The van der Waals surface area contributed by atoms with Crippen molar-refractivity contribution in [3.63, 3.8) is 0 Å². The Morgan fingerprint density at radius 3 is 2.56 bits per heavy atom. The third-order valence-electron chi connectivity index (χ3n) is 1.98. The summed E-state index contributed by atoms with van der Waals surface area (Å²) < 4.78 is 4.81. The van der Waals surface area contributed by atoms with Crippen LogP contribution in [0.15, 0.2) is 12.2 Å². The third-order valence-corrected chi connectivity index (χ3v) is 1.98. The molecule has 1 saturated heterocycles. The second-order valence-corrected chi connectivity index (χ2v) is 3.72. The first-order valence-corrected chi connectivity index (χ1v) is 5.67. The van der Waals surface area contributed by atoms with E-state index in [0.717, 1.165) is 32.2 Å². The van der Waals surface area contributed by atoms with E-state index >= 15 is 0 Å². The highest BCUT2D eigenvalue weighted by Crippen LogP contribution is 1.94. The monoisotopic (exact) mass is 227 g/mol. The molecule has 4 heteroatoms. The summed E-state index contributed by atoms with van der Waals surface area (Å²) in [4.78, 5) is 20.8. The lowest BCUT2D eigenvalue weighted by molar-refractivity contribution is -0.139. The van der Waals surface area contributed by atoms with Crippen LogP contribution >= 0.6 is 0 Å². The fraction of sp³-hybridized carbons (Fsp3) is 0.667. The molecule has 1 amide bonds. The van der Waals surface area contributed by atoms with Gasteiger partial charge in [-0.05, 0) is 19.8 Å². The zero-order valence-electron chi connectivity index (χ0n) is 10.2. The van der Waals surface area contributed by atoms with E-state index in [1.807, 2.05) is 0 Å². The number of carbonyl (C=O) groups is 2. The van der Waals surface area contributed by atoms with Gasteiger partial charge in [0.1, 0.15) is 0 Å². The first-order valence-electron chi connectivity index (χ1n) is 5.67. The molecule has 92 valence electrons. The normalized spacial score (nSPS) is 13.5. The number of amides is 1. The van der Waals surface area contributed by atoms with Gasteiger partial charge >= 0.3 is 5.97 Å². The summed E-state index contributed by atoms with van der Waals surface area (Å²) in [5.41, 5.74) is 0.469. The minimum atomic E-state index is -0.284. The molecule has 0 radical (unpaired) electrons. The zero-order chi connectivity index (χ0) is 12.4. The minimum absolute atomic E-state index is 0.204. The van der Waals surface area contributed by atoms with Gasteiger partial charge in [0.15, 0.2) is 0 Å². The van der Waals surface area contributed by atoms with E-state index in [4.69, 9.17) is 4.74 Å². The summed E-state index contributed by atoms with van der Waals surface area (Å²) >= 11 is 0. The fourth-order valence-electron chi connectivity index (χ4n) is 0.998. The molecule has 0 aliphatic carbocycles. The second-order valence-electron chi connectivity index (χ2n) is 3.72. The van der Waals surface area contributed by atoms with Gasteiger partial charge in [0.2, 0.25) is 5.91 Å². The average Bonchev–Trinajstić information content (AvgIpc) is 2.70. The average molecular weight is 227 g/mol. The Morgan fingerprint density at radius 2 is 2.25 bits per heavy atom. The van der Waals surface area contributed by atoms with Crippen molar-refractivity contribution < 1.29 is 14.3 Å². The molecule has 0 unspecified atom stereocenters. The SMILES string of the molecule is C=C(C)C(=O)OCCCC.O=C1CCCN1. The predicted octanol–water partition coefficient (Wildman–Crippen LogP) is 1.80. The van der Waals surface area contributed by atoms with E-state index in [-0.39, 0.29) is 11.9 Å². The van der Waals surface area contributed by atoms with Crippen molar-refractivity contribution in [3.05, 3.63) is 12.2 Å². The van der Waals surface area contributed by atoms with Gasteiger partial charge < -0.3 is 10.1 Å². The van der Waals surface area contributed by atoms with Crippen molar-refractivity contribution in [3.8, 4) is 0 Å². The van der Waals surface area contributed by atoms with Crippen LogP contribution in [-0.2, 0) is 14.3 Å². The molecule has 0 aromatic carbocycles. The smallest absolute Gasteiger partial charge is 0.333 e. The Balaban J connectivity index is 0.000000315. The lowest BCUT2D eigenvalue weighted by Gasteiger charge is -2.01. The number of nitrogens with one attached hydrogen (secondary N) is 1. The molecule has 0 atom stereocenters. The van der Waals surface area contributed by atoms with Crippen molar-refractivity contribution in [2.24, 2.45) is 0 Å². The molecular formula is C12H21NO3. The van der Waals surface area contributed by atoms with Crippen molar-refractivity contribution in [2.45, 2.75) is 39.5 Å². The molecule has 1 aliphatic rings. The minimum Gasteiger partial charge on any atom is -0.462 e. The maximum Gasteiger partial charge on any atom is 0.333 e. The summed E-state index contributed by atoms with van der Waals surface area (Å²) in [6, 6.07) is 0. The molecule has 0 saturated carbocycles. The summed E-state index contributed by atoms with van der Waals surface area (Å²) in [6.07, 6.45) is 3.74. The molecule has 0 aromatic heterocycles. The Labute approximate surface area is 97.1 Å². The van der Waals surface area contributed by atoms with Gasteiger partial charge in [0.05, 0.1) is 6.61 Å². The Hall–Kier alpha value is -1.32. The molecule has 0 spiro atoms. The lowest BCUT2D eigenvalue weighted by atomic mass is 10.3. The lowest BCUT2D eigenvalue weighted by Crippen LogP contribution is -2.12. The van der Waals surface area contributed by atoms with Crippen molar-refractivity contribution in [1.82, 2.24) is 5.32 Å². The number of carbonyl (C=O) groups excluding carboxylic acids is 2. The van der Waals surface area contributed by atoms with Crippen LogP contribution in [-0.4, -0.2) is 25.0 Å². The van der Waals surface area contributed by atoms with Gasteiger partial charge in [0.25, 0.3) is 0 Å². The number of hydrogen-bond donors (Lipinski definition) is 1. The van der Waals surface area contributed by atoms with Crippen LogP contribution in [0.25, 0.3) is 0 Å². The number of rotatable bonds is 4. The van der Waals surface area contributed by atoms with E-state index in [1.54, 1.807) is 6.92 Å². The highest BCUT2D eigenvalue weighted by atomic mass is 16.5. The number of unbranched alkanes of at least 4 members (excludes halogenated alkanes) is 1. The topological polar surface area (TPSA) is 55.4 Å². The number of esters is 1. The standard InChI is InChI=1S/C8H14O2.C4H7NO/c1-4-5-6-10-8(9)7(2)3;6-4-2-1-3-5-4/h2,4-6H2,1,3H3;1-3H2,(H,5,6). The molecule has 1 rings (SSSR count). The number of hydrogen-bond acceptors (Lipinski definition) is 3. The fourth-order valence-corrected chi connectivity index (χ4v) is 0.998. The summed E-state index contributed by atoms with van der Waals surface area (Å²) in [7, 11) is 0. The molecule has 1 aliphatic heterocycles. The molecule has 16 heavy (non-hydrogen) atoms. The zero-order valence-corrected chi connectivity index (χ0v) is 10.2. The van der Waals surface area contributed by atoms with Gasteiger partial charge in [-0.2, -0.15) is 0 Å². The van der Waals surface area contributed by atoms with Crippen LogP contribution in [0.2, 0.25) is 0 Å². The van der Waals surface area contributed by atoms with Crippen LogP contribution in [0.3, 0.4) is 0 Å².